The monoisotopic (exact) mass is 177 g/mol. The molecule has 1 atom stereocenters. The van der Waals surface area contributed by atoms with Gasteiger partial charge in [-0.1, -0.05) is 42.1 Å². The summed E-state index contributed by atoms with van der Waals surface area (Å²) in [6, 6.07) is 0. The van der Waals surface area contributed by atoms with Crippen LogP contribution in [0, 0.1) is 6.92 Å². The van der Waals surface area contributed by atoms with Gasteiger partial charge in [-0.25, -0.2) is 0 Å². The third-order valence-electron chi connectivity index (χ3n) is 1.12. The van der Waals surface area contributed by atoms with Crippen LogP contribution in [0.4, 0.5) is 0 Å². The molecule has 0 heterocycles. The lowest BCUT2D eigenvalue weighted by atomic mass is 10.2. The molecule has 0 rings (SSSR count). The molecule has 49 valence electrons. The van der Waals surface area contributed by atoms with E-state index in [-0.39, 0.29) is 0 Å². The minimum Gasteiger partial charge on any atom is -0.0891 e. The summed E-state index contributed by atoms with van der Waals surface area (Å²) in [7, 11) is 0. The van der Waals surface area contributed by atoms with Gasteiger partial charge in [0.25, 0.3) is 0 Å². The average Bonchev–Trinajstić information content (AvgIpc) is 1.66. The van der Waals surface area contributed by atoms with E-state index in [0.29, 0.717) is 4.83 Å². The van der Waals surface area contributed by atoms with Crippen molar-refractivity contribution in [2.45, 2.75) is 37.4 Å². The molecule has 0 aliphatic rings. The van der Waals surface area contributed by atoms with Crippen LogP contribution in [0.5, 0.6) is 0 Å². The van der Waals surface area contributed by atoms with Gasteiger partial charge < -0.3 is 0 Å². The molecule has 0 spiro atoms. The fourth-order valence-electron chi connectivity index (χ4n) is 0.616. The molecule has 0 bridgehead atoms. The lowest BCUT2D eigenvalue weighted by molar-refractivity contribution is 0.683. The summed E-state index contributed by atoms with van der Waals surface area (Å²) in [6.45, 7) is 6.04. The zero-order valence-corrected chi connectivity index (χ0v) is 7.08. The van der Waals surface area contributed by atoms with Gasteiger partial charge in [0.2, 0.25) is 0 Å². The SMILES string of the molecule is [CH2]C(Br)CCCCC. The predicted octanol–water partition coefficient (Wildman–Crippen LogP) is 3.16. The van der Waals surface area contributed by atoms with Gasteiger partial charge >= 0.3 is 0 Å². The summed E-state index contributed by atoms with van der Waals surface area (Å²) in [6.07, 6.45) is 5.18. The van der Waals surface area contributed by atoms with Crippen molar-refractivity contribution in [2.75, 3.05) is 0 Å². The largest absolute Gasteiger partial charge is 0.0891 e. The minimum atomic E-state index is 0.467. The maximum absolute atomic E-state index is 3.83. The first-order chi connectivity index (χ1) is 3.77. The maximum Gasteiger partial charge on any atom is 0.0146 e. The highest BCUT2D eigenvalue weighted by Crippen LogP contribution is 2.08. The molecule has 1 heteroatoms. The van der Waals surface area contributed by atoms with Gasteiger partial charge in [0.1, 0.15) is 0 Å². The first kappa shape index (κ1) is 8.48. The van der Waals surface area contributed by atoms with Gasteiger partial charge in [-0.2, -0.15) is 0 Å². The molecule has 0 aromatic rings. The van der Waals surface area contributed by atoms with Crippen LogP contribution in [-0.4, -0.2) is 4.83 Å². The van der Waals surface area contributed by atoms with E-state index in [9.17, 15) is 0 Å². The topological polar surface area (TPSA) is 0 Å². The molecule has 0 saturated carbocycles. The molecule has 0 saturated heterocycles. The summed E-state index contributed by atoms with van der Waals surface area (Å²) in [5, 5.41) is 0. The molecule has 0 aliphatic heterocycles. The van der Waals surface area contributed by atoms with E-state index in [2.05, 4.69) is 29.8 Å². The Morgan fingerprint density at radius 1 is 1.50 bits per heavy atom. The first-order valence-electron chi connectivity index (χ1n) is 3.24. The molecular weight excluding hydrogens is 164 g/mol. The molecule has 0 nitrogen and oxygen atoms in total. The highest BCUT2D eigenvalue weighted by molar-refractivity contribution is 9.09. The Kier molecular flexibility index (Phi) is 5.95. The quantitative estimate of drug-likeness (QED) is 0.458. The first-order valence-corrected chi connectivity index (χ1v) is 4.16. The third-order valence-corrected chi connectivity index (χ3v) is 1.58. The van der Waals surface area contributed by atoms with Gasteiger partial charge in [0.05, 0.1) is 0 Å². The van der Waals surface area contributed by atoms with E-state index < -0.39 is 0 Å². The van der Waals surface area contributed by atoms with E-state index in [1.54, 1.807) is 0 Å². The molecule has 1 radical (unpaired) electrons. The van der Waals surface area contributed by atoms with Crippen molar-refractivity contribution in [1.82, 2.24) is 0 Å². The molecule has 0 aromatic carbocycles. The minimum absolute atomic E-state index is 0.467. The van der Waals surface area contributed by atoms with Crippen LogP contribution in [0.2, 0.25) is 0 Å². The van der Waals surface area contributed by atoms with E-state index in [1.807, 2.05) is 0 Å². The highest BCUT2D eigenvalue weighted by atomic mass is 79.9. The van der Waals surface area contributed by atoms with Gasteiger partial charge in [0.15, 0.2) is 0 Å². The Balaban J connectivity index is 2.72. The Bertz CT molecular complexity index is 41.7. The van der Waals surface area contributed by atoms with Crippen molar-refractivity contribution >= 4 is 15.9 Å². The Morgan fingerprint density at radius 2 is 2.12 bits per heavy atom. The van der Waals surface area contributed by atoms with Crippen molar-refractivity contribution < 1.29 is 0 Å². The van der Waals surface area contributed by atoms with Crippen molar-refractivity contribution in [3.8, 4) is 0 Å². The van der Waals surface area contributed by atoms with Crippen LogP contribution in [0.3, 0.4) is 0 Å². The van der Waals surface area contributed by atoms with Crippen molar-refractivity contribution in [3.05, 3.63) is 6.92 Å². The van der Waals surface area contributed by atoms with Crippen LogP contribution < -0.4 is 0 Å². The highest BCUT2D eigenvalue weighted by Gasteiger charge is 1.92. The zero-order valence-electron chi connectivity index (χ0n) is 5.49. The van der Waals surface area contributed by atoms with Crippen LogP contribution >= 0.6 is 15.9 Å². The number of halogens is 1. The number of alkyl halides is 1. The van der Waals surface area contributed by atoms with Gasteiger partial charge in [-0.05, 0) is 13.3 Å². The number of rotatable bonds is 4. The van der Waals surface area contributed by atoms with Gasteiger partial charge in [0, 0.05) is 4.83 Å². The summed E-state index contributed by atoms with van der Waals surface area (Å²) in [5.41, 5.74) is 0. The molecular formula is C7H14Br. The van der Waals surface area contributed by atoms with E-state index in [0.717, 1.165) is 0 Å². The second-order valence-electron chi connectivity index (χ2n) is 2.09. The van der Waals surface area contributed by atoms with E-state index >= 15 is 0 Å². The van der Waals surface area contributed by atoms with Crippen LogP contribution in [0.15, 0.2) is 0 Å². The third kappa shape index (κ3) is 6.48. The lowest BCUT2D eigenvalue weighted by Crippen LogP contribution is -1.88. The molecule has 8 heavy (non-hydrogen) atoms. The van der Waals surface area contributed by atoms with E-state index in [4.69, 9.17) is 0 Å². The average molecular weight is 178 g/mol. The predicted molar refractivity (Wildman–Crippen MR) is 42.2 cm³/mol. The number of hydrogen-bond acceptors (Lipinski definition) is 0. The standard InChI is InChI=1S/C7H14Br/c1-3-4-5-6-7(2)8/h7H,2-6H2,1H3. The van der Waals surface area contributed by atoms with Crippen molar-refractivity contribution in [1.29, 1.82) is 0 Å². The fraction of sp³-hybridized carbons (Fsp3) is 0.857. The van der Waals surface area contributed by atoms with Crippen molar-refractivity contribution in [3.63, 3.8) is 0 Å². The smallest absolute Gasteiger partial charge is 0.0146 e. The molecule has 0 aliphatic carbocycles. The zero-order chi connectivity index (χ0) is 6.41. The van der Waals surface area contributed by atoms with Gasteiger partial charge in [-0.3, -0.25) is 0 Å². The van der Waals surface area contributed by atoms with E-state index in [1.165, 1.54) is 25.7 Å². The lowest BCUT2D eigenvalue weighted by Gasteiger charge is -1.98. The summed E-state index contributed by atoms with van der Waals surface area (Å²) in [5.74, 6) is 0. The molecule has 0 N–H and O–H groups in total. The number of hydrogen-bond donors (Lipinski definition) is 0. The Hall–Kier alpha value is 0.480. The molecule has 1 unspecified atom stereocenters. The van der Waals surface area contributed by atoms with Crippen molar-refractivity contribution in [2.24, 2.45) is 0 Å². The Labute approximate surface area is 60.8 Å². The Morgan fingerprint density at radius 3 is 2.50 bits per heavy atom. The fourth-order valence-corrected chi connectivity index (χ4v) is 0.940. The molecule has 0 fully saturated rings. The van der Waals surface area contributed by atoms with Crippen LogP contribution in [0.25, 0.3) is 0 Å². The normalized spacial score (nSPS) is 13.9. The summed E-state index contributed by atoms with van der Waals surface area (Å²) >= 11 is 3.39. The second-order valence-corrected chi connectivity index (χ2v) is 3.39. The number of unbranched alkanes of at least 4 members (excludes halogenated alkanes) is 2. The molecule has 0 aromatic heterocycles. The second kappa shape index (κ2) is 5.61. The molecule has 0 amide bonds. The van der Waals surface area contributed by atoms with Crippen LogP contribution in [-0.2, 0) is 0 Å². The summed E-state index contributed by atoms with van der Waals surface area (Å²) in [4.78, 5) is 0.467. The maximum atomic E-state index is 3.83. The summed E-state index contributed by atoms with van der Waals surface area (Å²) < 4.78 is 0. The van der Waals surface area contributed by atoms with Crippen LogP contribution in [0.1, 0.15) is 32.6 Å². The van der Waals surface area contributed by atoms with Gasteiger partial charge in [-0.15, -0.1) is 0 Å².